The van der Waals surface area contributed by atoms with E-state index in [-0.39, 0.29) is 11.2 Å². The van der Waals surface area contributed by atoms with Gasteiger partial charge < -0.3 is 14.8 Å². The van der Waals surface area contributed by atoms with Gasteiger partial charge in [-0.2, -0.15) is 5.26 Å². The quantitative estimate of drug-likeness (QED) is 0.473. The zero-order valence-corrected chi connectivity index (χ0v) is 19.1. The van der Waals surface area contributed by atoms with E-state index in [4.69, 9.17) is 9.47 Å². The summed E-state index contributed by atoms with van der Waals surface area (Å²) in [6, 6.07) is 20.9. The molecule has 0 aliphatic rings. The Labute approximate surface area is 192 Å². The molecule has 7 heteroatoms. The Morgan fingerprint density at radius 1 is 1.03 bits per heavy atom. The highest BCUT2D eigenvalue weighted by molar-refractivity contribution is 8.00. The predicted octanol–water partition coefficient (Wildman–Crippen LogP) is 4.82. The lowest BCUT2D eigenvalue weighted by molar-refractivity contribution is -0.120. The van der Waals surface area contributed by atoms with Crippen LogP contribution in [0.3, 0.4) is 0 Å². The fraction of sp³-hybridized carbons (Fsp3) is 0.240. The Bertz CT molecular complexity index is 1090. The number of methoxy groups -OCH3 is 2. The molecule has 1 heterocycles. The van der Waals surface area contributed by atoms with Gasteiger partial charge in [-0.3, -0.25) is 4.79 Å². The molecule has 2 aromatic carbocycles. The Hall–Kier alpha value is -3.50. The molecule has 0 aliphatic heterocycles. The molecular weight excluding hydrogens is 422 g/mol. The molecule has 0 radical (unpaired) electrons. The van der Waals surface area contributed by atoms with Crippen LogP contribution < -0.4 is 14.8 Å². The van der Waals surface area contributed by atoms with E-state index in [0.717, 1.165) is 28.3 Å². The first-order valence-corrected chi connectivity index (χ1v) is 11.1. The molecule has 0 saturated carbocycles. The third kappa shape index (κ3) is 5.80. The zero-order valence-electron chi connectivity index (χ0n) is 18.3. The number of carbonyl (C=O) groups is 1. The number of thioether (sulfide) groups is 1. The van der Waals surface area contributed by atoms with Gasteiger partial charge in [0.15, 0.2) is 0 Å². The first kappa shape index (κ1) is 23.2. The Morgan fingerprint density at radius 2 is 1.66 bits per heavy atom. The van der Waals surface area contributed by atoms with Crippen molar-refractivity contribution in [1.82, 2.24) is 10.3 Å². The van der Waals surface area contributed by atoms with Crippen LogP contribution in [0.25, 0.3) is 11.3 Å². The van der Waals surface area contributed by atoms with Gasteiger partial charge in [0.05, 0.1) is 30.7 Å². The van der Waals surface area contributed by atoms with Gasteiger partial charge in [0.25, 0.3) is 0 Å². The fourth-order valence-electron chi connectivity index (χ4n) is 3.04. The maximum atomic E-state index is 12.8. The minimum Gasteiger partial charge on any atom is -0.497 e. The zero-order chi connectivity index (χ0) is 22.9. The fourth-order valence-corrected chi connectivity index (χ4v) is 4.06. The standard InChI is InChI=1S/C25H25N3O3S/c1-4-23(24(29)27-16-17-5-10-20(30-2)11-6-17)32-25-19(15-26)9-14-22(28-25)18-7-12-21(31-3)13-8-18/h5-14,23H,4,16H2,1-3H3,(H,27,29). The maximum absolute atomic E-state index is 12.8. The van der Waals surface area contributed by atoms with Crippen LogP contribution >= 0.6 is 11.8 Å². The smallest absolute Gasteiger partial charge is 0.233 e. The van der Waals surface area contributed by atoms with Gasteiger partial charge in [0.1, 0.15) is 22.6 Å². The Morgan fingerprint density at radius 3 is 2.22 bits per heavy atom. The molecule has 3 aromatic rings. The van der Waals surface area contributed by atoms with Crippen molar-refractivity contribution in [3.05, 3.63) is 71.8 Å². The third-order valence-electron chi connectivity index (χ3n) is 4.91. The highest BCUT2D eigenvalue weighted by Crippen LogP contribution is 2.30. The van der Waals surface area contributed by atoms with Crippen LogP contribution in [0.4, 0.5) is 0 Å². The number of rotatable bonds is 9. The second-order valence-electron chi connectivity index (χ2n) is 6.97. The van der Waals surface area contributed by atoms with Crippen molar-refractivity contribution in [2.24, 2.45) is 0 Å². The van der Waals surface area contributed by atoms with Gasteiger partial charge in [-0.25, -0.2) is 4.98 Å². The minimum absolute atomic E-state index is 0.0890. The predicted molar refractivity (Wildman–Crippen MR) is 126 cm³/mol. The van der Waals surface area contributed by atoms with Crippen LogP contribution in [-0.4, -0.2) is 30.4 Å². The molecule has 1 amide bonds. The molecule has 0 spiro atoms. The molecule has 164 valence electrons. The summed E-state index contributed by atoms with van der Waals surface area (Å²) in [6.45, 7) is 2.37. The molecule has 0 fully saturated rings. The lowest BCUT2D eigenvalue weighted by Crippen LogP contribution is -2.32. The van der Waals surface area contributed by atoms with E-state index >= 15 is 0 Å². The molecule has 0 aliphatic carbocycles. The summed E-state index contributed by atoms with van der Waals surface area (Å²) in [5.74, 6) is 1.44. The lowest BCUT2D eigenvalue weighted by Gasteiger charge is -2.16. The average Bonchev–Trinajstić information content (AvgIpc) is 2.86. The molecule has 3 rings (SSSR count). The van der Waals surface area contributed by atoms with E-state index < -0.39 is 0 Å². The van der Waals surface area contributed by atoms with Crippen LogP contribution in [0.1, 0.15) is 24.5 Å². The average molecular weight is 448 g/mol. The second-order valence-corrected chi connectivity index (χ2v) is 8.16. The van der Waals surface area contributed by atoms with E-state index in [1.54, 1.807) is 20.3 Å². The van der Waals surface area contributed by atoms with Crippen LogP contribution in [0.5, 0.6) is 11.5 Å². The highest BCUT2D eigenvalue weighted by Gasteiger charge is 2.21. The minimum atomic E-state index is -0.362. The lowest BCUT2D eigenvalue weighted by atomic mass is 10.1. The number of hydrogen-bond acceptors (Lipinski definition) is 6. The van der Waals surface area contributed by atoms with Crippen LogP contribution in [0.15, 0.2) is 65.7 Å². The van der Waals surface area contributed by atoms with Gasteiger partial charge >= 0.3 is 0 Å². The summed E-state index contributed by atoms with van der Waals surface area (Å²) < 4.78 is 10.4. The number of hydrogen-bond donors (Lipinski definition) is 1. The molecule has 1 unspecified atom stereocenters. The molecule has 32 heavy (non-hydrogen) atoms. The van der Waals surface area contributed by atoms with E-state index in [2.05, 4.69) is 16.4 Å². The van der Waals surface area contributed by atoms with Crippen LogP contribution in [0.2, 0.25) is 0 Å². The van der Waals surface area contributed by atoms with E-state index in [1.165, 1.54) is 11.8 Å². The first-order valence-electron chi connectivity index (χ1n) is 10.2. The summed E-state index contributed by atoms with van der Waals surface area (Å²) in [5.41, 5.74) is 3.09. The number of nitrogens with one attached hydrogen (secondary N) is 1. The van der Waals surface area contributed by atoms with Crippen molar-refractivity contribution >= 4 is 17.7 Å². The normalized spacial score (nSPS) is 11.3. The van der Waals surface area contributed by atoms with Gasteiger partial charge in [-0.1, -0.05) is 30.8 Å². The van der Waals surface area contributed by atoms with E-state index in [9.17, 15) is 10.1 Å². The molecule has 6 nitrogen and oxygen atoms in total. The Balaban J connectivity index is 1.73. The summed E-state index contributed by atoms with van der Waals surface area (Å²) in [6.07, 6.45) is 0.610. The van der Waals surface area contributed by atoms with Gasteiger partial charge in [0, 0.05) is 12.1 Å². The summed E-state index contributed by atoms with van der Waals surface area (Å²) >= 11 is 1.32. The highest BCUT2D eigenvalue weighted by atomic mass is 32.2. The number of nitriles is 1. The SMILES string of the molecule is CCC(Sc1nc(-c2ccc(OC)cc2)ccc1C#N)C(=O)NCc1ccc(OC)cc1. The summed E-state index contributed by atoms with van der Waals surface area (Å²) in [7, 11) is 3.24. The number of ether oxygens (including phenoxy) is 2. The van der Waals surface area contributed by atoms with Crippen molar-refractivity contribution < 1.29 is 14.3 Å². The first-order chi connectivity index (χ1) is 15.6. The van der Waals surface area contributed by atoms with Crippen molar-refractivity contribution in [2.75, 3.05) is 14.2 Å². The number of amides is 1. The molecule has 1 aromatic heterocycles. The number of pyridine rings is 1. The largest absolute Gasteiger partial charge is 0.497 e. The van der Waals surface area contributed by atoms with Crippen molar-refractivity contribution in [3.8, 4) is 28.8 Å². The maximum Gasteiger partial charge on any atom is 0.233 e. The molecular formula is C25H25N3O3S. The van der Waals surface area contributed by atoms with Gasteiger partial charge in [-0.15, -0.1) is 0 Å². The molecule has 0 bridgehead atoms. The number of benzene rings is 2. The molecule has 1 N–H and O–H groups in total. The summed E-state index contributed by atoms with van der Waals surface area (Å²) in [4.78, 5) is 17.5. The van der Waals surface area contributed by atoms with Gasteiger partial charge in [0.2, 0.25) is 5.91 Å². The van der Waals surface area contributed by atoms with E-state index in [1.807, 2.05) is 61.5 Å². The van der Waals surface area contributed by atoms with Crippen molar-refractivity contribution in [1.29, 1.82) is 5.26 Å². The molecule has 1 atom stereocenters. The summed E-state index contributed by atoms with van der Waals surface area (Å²) in [5, 5.41) is 12.7. The molecule has 0 saturated heterocycles. The van der Waals surface area contributed by atoms with Crippen LogP contribution in [-0.2, 0) is 11.3 Å². The Kier molecular flexibility index (Phi) is 8.12. The number of aromatic nitrogens is 1. The number of nitrogens with zero attached hydrogens (tertiary/aromatic N) is 2. The van der Waals surface area contributed by atoms with Crippen LogP contribution in [0, 0.1) is 11.3 Å². The van der Waals surface area contributed by atoms with Gasteiger partial charge in [-0.05, 0) is 60.5 Å². The topological polar surface area (TPSA) is 84.2 Å². The third-order valence-corrected chi connectivity index (χ3v) is 6.28. The number of carbonyl (C=O) groups excluding carboxylic acids is 1. The van der Waals surface area contributed by atoms with E-state index in [0.29, 0.717) is 23.6 Å². The second kappa shape index (κ2) is 11.2. The van der Waals surface area contributed by atoms with Crippen molar-refractivity contribution in [2.45, 2.75) is 30.2 Å². The monoisotopic (exact) mass is 447 g/mol. The van der Waals surface area contributed by atoms with Crippen molar-refractivity contribution in [3.63, 3.8) is 0 Å².